The second-order valence-corrected chi connectivity index (χ2v) is 3.71. The second kappa shape index (κ2) is 5.55. The van der Waals surface area contributed by atoms with Gasteiger partial charge in [-0.25, -0.2) is 0 Å². The zero-order chi connectivity index (χ0) is 12.1. The lowest BCUT2D eigenvalue weighted by Crippen LogP contribution is -1.89. The molecule has 0 N–H and O–H groups in total. The number of methoxy groups -OCH3 is 1. The molecular formula is C13H10BrNO2. The van der Waals surface area contributed by atoms with Gasteiger partial charge < -0.3 is 9.26 Å². The summed E-state index contributed by atoms with van der Waals surface area (Å²) in [4.78, 5) is 2.67. The molecule has 0 spiro atoms. The molecule has 0 atom stereocenters. The van der Waals surface area contributed by atoms with Crippen LogP contribution in [0.1, 0.15) is 5.56 Å². The molecule has 0 saturated heterocycles. The van der Waals surface area contributed by atoms with E-state index in [9.17, 15) is 0 Å². The predicted octanol–water partition coefficient (Wildman–Crippen LogP) is 3.25. The molecule has 2 rings (SSSR count). The summed E-state index contributed by atoms with van der Waals surface area (Å²) in [6.07, 6.45) is 0.530. The summed E-state index contributed by atoms with van der Waals surface area (Å²) in [6.45, 7) is 0. The molecule has 0 aliphatic rings. The van der Waals surface area contributed by atoms with Gasteiger partial charge in [-0.1, -0.05) is 41.4 Å². The molecule has 0 amide bonds. The molecule has 0 bridgehead atoms. The highest BCUT2D eigenvalue weighted by Gasteiger charge is 2.16. The smallest absolute Gasteiger partial charge is 0.315 e. The van der Waals surface area contributed by atoms with Crippen LogP contribution >= 0.6 is 15.9 Å². The summed E-state index contributed by atoms with van der Waals surface area (Å²) in [5, 5.41) is 4.03. The van der Waals surface area contributed by atoms with Crippen molar-refractivity contribution in [1.29, 1.82) is 0 Å². The van der Waals surface area contributed by atoms with E-state index in [-0.39, 0.29) is 0 Å². The Kier molecular flexibility index (Phi) is 3.84. The molecule has 0 saturated carbocycles. The van der Waals surface area contributed by atoms with Gasteiger partial charge in [-0.05, 0) is 4.83 Å². The molecule has 1 aromatic carbocycles. The van der Waals surface area contributed by atoms with E-state index in [1.807, 2.05) is 30.3 Å². The SMILES string of the molecule is COc1onc(-c2ccccc2)c1CC#CBr. The average molecular weight is 292 g/mol. The van der Waals surface area contributed by atoms with Crippen LogP contribution in [0.3, 0.4) is 0 Å². The fourth-order valence-electron chi connectivity index (χ4n) is 1.56. The highest BCUT2D eigenvalue weighted by atomic mass is 79.9. The maximum atomic E-state index is 5.14. The fraction of sp³-hybridized carbons (Fsp3) is 0.154. The Hall–Kier alpha value is -1.73. The summed E-state index contributed by atoms with van der Waals surface area (Å²) < 4.78 is 10.3. The third-order valence-electron chi connectivity index (χ3n) is 2.32. The highest BCUT2D eigenvalue weighted by molar-refractivity contribution is 9.12. The minimum Gasteiger partial charge on any atom is -0.467 e. The lowest BCUT2D eigenvalue weighted by molar-refractivity contribution is 0.259. The monoisotopic (exact) mass is 291 g/mol. The number of hydrogen-bond acceptors (Lipinski definition) is 3. The maximum absolute atomic E-state index is 5.14. The molecule has 1 aromatic heterocycles. The Bertz CT molecular complexity index is 552. The molecule has 0 unspecified atom stereocenters. The second-order valence-electron chi connectivity index (χ2n) is 3.32. The molecule has 17 heavy (non-hydrogen) atoms. The third-order valence-corrected chi connectivity index (χ3v) is 2.60. The van der Waals surface area contributed by atoms with Crippen molar-refractivity contribution in [2.45, 2.75) is 6.42 Å². The summed E-state index contributed by atoms with van der Waals surface area (Å²) in [7, 11) is 1.56. The third kappa shape index (κ3) is 2.51. The zero-order valence-corrected chi connectivity index (χ0v) is 10.8. The van der Waals surface area contributed by atoms with E-state index < -0.39 is 0 Å². The lowest BCUT2D eigenvalue weighted by atomic mass is 10.1. The van der Waals surface area contributed by atoms with Crippen molar-refractivity contribution < 1.29 is 9.26 Å². The first-order valence-electron chi connectivity index (χ1n) is 5.03. The van der Waals surface area contributed by atoms with Crippen LogP contribution in [0.5, 0.6) is 5.95 Å². The molecule has 0 aliphatic heterocycles. The average Bonchev–Trinajstić information content (AvgIpc) is 2.80. The standard InChI is InChI=1S/C13H10BrNO2/c1-16-13-11(8-5-9-14)12(15-17-13)10-6-3-2-4-7-10/h2-4,6-7H,8H2,1H3. The van der Waals surface area contributed by atoms with Crippen molar-refractivity contribution in [1.82, 2.24) is 5.16 Å². The molecule has 1 heterocycles. The van der Waals surface area contributed by atoms with Crippen LogP contribution in [-0.4, -0.2) is 12.3 Å². The Labute approximate surface area is 108 Å². The van der Waals surface area contributed by atoms with Gasteiger partial charge in [-0.2, -0.15) is 0 Å². The largest absolute Gasteiger partial charge is 0.467 e. The van der Waals surface area contributed by atoms with Crippen LogP contribution in [-0.2, 0) is 6.42 Å². The minimum absolute atomic E-state index is 0.416. The van der Waals surface area contributed by atoms with E-state index in [0.717, 1.165) is 16.8 Å². The Morgan fingerprint density at radius 1 is 1.35 bits per heavy atom. The van der Waals surface area contributed by atoms with Crippen LogP contribution in [0.2, 0.25) is 0 Å². The van der Waals surface area contributed by atoms with Crippen LogP contribution < -0.4 is 4.74 Å². The van der Waals surface area contributed by atoms with Crippen LogP contribution in [0.4, 0.5) is 0 Å². The first-order valence-corrected chi connectivity index (χ1v) is 5.82. The lowest BCUT2D eigenvalue weighted by Gasteiger charge is -1.99. The van der Waals surface area contributed by atoms with Gasteiger partial charge in [0.2, 0.25) is 0 Å². The van der Waals surface area contributed by atoms with E-state index in [4.69, 9.17) is 9.26 Å². The molecule has 0 radical (unpaired) electrons. The van der Waals surface area contributed by atoms with Crippen molar-refractivity contribution in [2.75, 3.05) is 7.11 Å². The topological polar surface area (TPSA) is 35.3 Å². The van der Waals surface area contributed by atoms with Gasteiger partial charge in [0.25, 0.3) is 0 Å². The summed E-state index contributed by atoms with van der Waals surface area (Å²) in [5.74, 6) is 3.34. The van der Waals surface area contributed by atoms with Crippen molar-refractivity contribution >= 4 is 15.9 Å². The summed E-state index contributed by atoms with van der Waals surface area (Å²) >= 11 is 3.07. The molecule has 3 nitrogen and oxygen atoms in total. The van der Waals surface area contributed by atoms with Crippen molar-refractivity contribution in [2.24, 2.45) is 0 Å². The first kappa shape index (κ1) is 11.7. The van der Waals surface area contributed by atoms with Gasteiger partial charge in [0, 0.05) is 27.9 Å². The summed E-state index contributed by atoms with van der Waals surface area (Å²) in [6, 6.07) is 9.82. The number of nitrogens with zero attached hydrogens (tertiary/aromatic N) is 1. The van der Waals surface area contributed by atoms with Crippen molar-refractivity contribution in [3.05, 3.63) is 35.9 Å². The van der Waals surface area contributed by atoms with Crippen molar-refractivity contribution in [3.63, 3.8) is 0 Å². The predicted molar refractivity (Wildman–Crippen MR) is 68.9 cm³/mol. The van der Waals surface area contributed by atoms with Gasteiger partial charge in [-0.3, -0.25) is 0 Å². The Morgan fingerprint density at radius 3 is 2.76 bits per heavy atom. The molecule has 86 valence electrons. The van der Waals surface area contributed by atoms with Gasteiger partial charge in [0.05, 0.1) is 12.7 Å². The summed E-state index contributed by atoms with van der Waals surface area (Å²) in [5.41, 5.74) is 2.63. The minimum atomic E-state index is 0.416. The zero-order valence-electron chi connectivity index (χ0n) is 9.24. The molecule has 2 aromatic rings. The Morgan fingerprint density at radius 2 is 2.12 bits per heavy atom. The van der Waals surface area contributed by atoms with E-state index in [1.54, 1.807) is 7.11 Å². The highest BCUT2D eigenvalue weighted by Crippen LogP contribution is 2.30. The Balaban J connectivity index is 2.46. The van der Waals surface area contributed by atoms with Crippen molar-refractivity contribution in [3.8, 4) is 28.0 Å². The number of rotatable bonds is 3. The number of aromatic nitrogens is 1. The number of hydrogen-bond donors (Lipinski definition) is 0. The number of ether oxygens (including phenoxy) is 1. The number of halogens is 1. The molecule has 0 fully saturated rings. The van der Waals surface area contributed by atoms with Gasteiger partial charge in [0.15, 0.2) is 0 Å². The molecule has 0 aliphatic carbocycles. The van der Waals surface area contributed by atoms with E-state index in [2.05, 4.69) is 31.8 Å². The van der Waals surface area contributed by atoms with Gasteiger partial charge in [0.1, 0.15) is 5.69 Å². The first-order chi connectivity index (χ1) is 8.36. The normalized spacial score (nSPS) is 9.53. The van der Waals surface area contributed by atoms with E-state index >= 15 is 0 Å². The van der Waals surface area contributed by atoms with E-state index in [0.29, 0.717) is 12.4 Å². The molecule has 4 heteroatoms. The fourth-order valence-corrected chi connectivity index (χ4v) is 1.70. The number of benzene rings is 1. The molecular weight excluding hydrogens is 282 g/mol. The van der Waals surface area contributed by atoms with Gasteiger partial charge in [-0.15, -0.1) is 0 Å². The van der Waals surface area contributed by atoms with Crippen LogP contribution in [0.15, 0.2) is 34.9 Å². The quantitative estimate of drug-likeness (QED) is 0.815. The van der Waals surface area contributed by atoms with Crippen LogP contribution in [0.25, 0.3) is 11.3 Å². The maximum Gasteiger partial charge on any atom is 0.315 e. The van der Waals surface area contributed by atoms with Gasteiger partial charge >= 0.3 is 5.95 Å². The van der Waals surface area contributed by atoms with E-state index in [1.165, 1.54) is 0 Å². The van der Waals surface area contributed by atoms with Crippen LogP contribution in [0, 0.1) is 10.8 Å².